The van der Waals surface area contributed by atoms with Gasteiger partial charge in [0, 0.05) is 4.88 Å². The van der Waals surface area contributed by atoms with Crippen LogP contribution in [0.25, 0.3) is 10.2 Å². The molecule has 23 heavy (non-hydrogen) atoms. The molecule has 118 valence electrons. The van der Waals surface area contributed by atoms with Crippen molar-refractivity contribution in [1.29, 1.82) is 0 Å². The maximum absolute atomic E-state index is 6.04. The Hall–Kier alpha value is -2.14. The molecule has 0 saturated heterocycles. The Morgan fingerprint density at radius 2 is 1.91 bits per heavy atom. The number of hydrogen-bond acceptors (Lipinski definition) is 5. The lowest BCUT2D eigenvalue weighted by molar-refractivity contribution is 0.412. The van der Waals surface area contributed by atoms with Gasteiger partial charge in [-0.2, -0.15) is 0 Å². The molecule has 2 heterocycles. The second kappa shape index (κ2) is 5.81. The molecule has 0 N–H and O–H groups in total. The number of thiophene rings is 1. The molecular weight excluding hydrogens is 308 g/mol. The summed E-state index contributed by atoms with van der Waals surface area (Å²) in [6.07, 6.45) is 5.03. The predicted molar refractivity (Wildman–Crippen MR) is 91.7 cm³/mol. The van der Waals surface area contributed by atoms with Crippen molar-refractivity contribution in [2.24, 2.45) is 5.92 Å². The van der Waals surface area contributed by atoms with Crippen molar-refractivity contribution >= 4 is 21.6 Å². The summed E-state index contributed by atoms with van der Waals surface area (Å²) in [5.41, 5.74) is 1.38. The van der Waals surface area contributed by atoms with Crippen LogP contribution in [0, 0.1) is 5.92 Å². The van der Waals surface area contributed by atoms with E-state index < -0.39 is 0 Å². The minimum Gasteiger partial charge on any atom is -0.497 e. The van der Waals surface area contributed by atoms with Gasteiger partial charge in [-0.1, -0.05) is 6.92 Å². The summed E-state index contributed by atoms with van der Waals surface area (Å²) < 4.78 is 11.2. The number of rotatable bonds is 3. The summed E-state index contributed by atoms with van der Waals surface area (Å²) in [5.74, 6) is 2.98. The van der Waals surface area contributed by atoms with Gasteiger partial charge in [0.15, 0.2) is 0 Å². The molecule has 2 aromatic heterocycles. The Labute approximate surface area is 139 Å². The van der Waals surface area contributed by atoms with Crippen LogP contribution < -0.4 is 9.47 Å². The largest absolute Gasteiger partial charge is 0.497 e. The minimum absolute atomic E-state index is 0.659. The van der Waals surface area contributed by atoms with Crippen molar-refractivity contribution in [2.45, 2.75) is 26.2 Å². The fourth-order valence-corrected chi connectivity index (χ4v) is 4.42. The molecule has 1 aliphatic rings. The van der Waals surface area contributed by atoms with Crippen molar-refractivity contribution in [1.82, 2.24) is 9.97 Å². The van der Waals surface area contributed by atoms with Crippen LogP contribution >= 0.6 is 11.3 Å². The van der Waals surface area contributed by atoms with Crippen LogP contribution in [0.15, 0.2) is 30.6 Å². The molecule has 0 radical (unpaired) electrons. The standard InChI is InChI=1S/C18H18N2O2S/c1-11-3-8-14-15(9-11)23-18-16(14)17(19-10-20-18)22-13-6-4-12(21-2)5-7-13/h4-7,10-11H,3,8-9H2,1-2H3/t11-/m0/s1. The van der Waals surface area contributed by atoms with E-state index in [1.807, 2.05) is 24.3 Å². The fourth-order valence-electron chi connectivity index (χ4n) is 3.08. The monoisotopic (exact) mass is 326 g/mol. The van der Waals surface area contributed by atoms with Gasteiger partial charge < -0.3 is 9.47 Å². The number of fused-ring (bicyclic) bond motifs is 3. The summed E-state index contributed by atoms with van der Waals surface area (Å²) in [4.78, 5) is 11.3. The maximum Gasteiger partial charge on any atom is 0.231 e. The van der Waals surface area contributed by atoms with Crippen molar-refractivity contribution in [3.8, 4) is 17.4 Å². The molecule has 0 amide bonds. The van der Waals surface area contributed by atoms with Gasteiger partial charge in [-0.3, -0.25) is 0 Å². The average Bonchev–Trinajstić information content (AvgIpc) is 2.94. The van der Waals surface area contributed by atoms with Crippen molar-refractivity contribution in [2.75, 3.05) is 7.11 Å². The van der Waals surface area contributed by atoms with Gasteiger partial charge >= 0.3 is 0 Å². The zero-order valence-corrected chi connectivity index (χ0v) is 14.0. The number of ether oxygens (including phenoxy) is 2. The summed E-state index contributed by atoms with van der Waals surface area (Å²) in [7, 11) is 1.66. The van der Waals surface area contributed by atoms with E-state index in [4.69, 9.17) is 9.47 Å². The first-order valence-electron chi connectivity index (χ1n) is 7.81. The summed E-state index contributed by atoms with van der Waals surface area (Å²) in [6.45, 7) is 2.31. The Kier molecular flexibility index (Phi) is 3.65. The van der Waals surface area contributed by atoms with Gasteiger partial charge in [0.1, 0.15) is 22.7 Å². The van der Waals surface area contributed by atoms with Crippen molar-refractivity contribution in [3.05, 3.63) is 41.0 Å². The van der Waals surface area contributed by atoms with E-state index in [0.717, 1.165) is 40.5 Å². The molecule has 4 nitrogen and oxygen atoms in total. The molecule has 1 aromatic carbocycles. The normalized spacial score (nSPS) is 17.0. The topological polar surface area (TPSA) is 44.2 Å². The number of methoxy groups -OCH3 is 1. The number of nitrogens with zero attached hydrogens (tertiary/aromatic N) is 2. The van der Waals surface area contributed by atoms with E-state index in [9.17, 15) is 0 Å². The first-order valence-corrected chi connectivity index (χ1v) is 8.63. The van der Waals surface area contributed by atoms with Crippen LogP contribution in [-0.4, -0.2) is 17.1 Å². The Balaban J connectivity index is 1.74. The molecule has 5 heteroatoms. The van der Waals surface area contributed by atoms with Crippen LogP contribution in [0.1, 0.15) is 23.8 Å². The van der Waals surface area contributed by atoms with Crippen LogP contribution in [-0.2, 0) is 12.8 Å². The zero-order chi connectivity index (χ0) is 15.8. The number of aromatic nitrogens is 2. The summed E-state index contributed by atoms with van der Waals surface area (Å²) >= 11 is 1.78. The first-order chi connectivity index (χ1) is 11.2. The van der Waals surface area contributed by atoms with E-state index in [1.165, 1.54) is 16.9 Å². The quantitative estimate of drug-likeness (QED) is 0.704. The highest BCUT2D eigenvalue weighted by atomic mass is 32.1. The minimum atomic E-state index is 0.659. The fraction of sp³-hybridized carbons (Fsp3) is 0.333. The average molecular weight is 326 g/mol. The molecule has 4 rings (SSSR count). The molecule has 0 saturated carbocycles. The molecule has 1 atom stereocenters. The summed E-state index contributed by atoms with van der Waals surface area (Å²) in [5, 5.41) is 1.09. The van der Waals surface area contributed by atoms with E-state index >= 15 is 0 Å². The molecule has 0 unspecified atom stereocenters. The van der Waals surface area contributed by atoms with E-state index in [0.29, 0.717) is 5.88 Å². The SMILES string of the molecule is COc1ccc(Oc2ncnc3sc4c(c23)CC[C@H](C)C4)cc1. The number of benzene rings is 1. The van der Waals surface area contributed by atoms with Crippen LogP contribution in [0.3, 0.4) is 0 Å². The third kappa shape index (κ3) is 2.65. The number of hydrogen-bond donors (Lipinski definition) is 0. The molecular formula is C18H18N2O2S. The Morgan fingerprint density at radius 3 is 2.70 bits per heavy atom. The third-order valence-electron chi connectivity index (χ3n) is 4.33. The Morgan fingerprint density at radius 1 is 1.13 bits per heavy atom. The molecule has 3 aromatic rings. The van der Waals surface area contributed by atoms with E-state index in [-0.39, 0.29) is 0 Å². The van der Waals surface area contributed by atoms with Gasteiger partial charge in [-0.25, -0.2) is 9.97 Å². The lowest BCUT2D eigenvalue weighted by atomic mass is 9.89. The number of aryl methyl sites for hydroxylation is 1. The lowest BCUT2D eigenvalue weighted by Crippen LogP contribution is -2.08. The second-order valence-electron chi connectivity index (χ2n) is 5.99. The van der Waals surface area contributed by atoms with Gasteiger partial charge in [0.2, 0.25) is 5.88 Å². The van der Waals surface area contributed by atoms with Gasteiger partial charge in [-0.05, 0) is 55.0 Å². The highest BCUT2D eigenvalue weighted by Crippen LogP contribution is 2.41. The van der Waals surface area contributed by atoms with E-state index in [1.54, 1.807) is 24.8 Å². The maximum atomic E-state index is 6.04. The highest BCUT2D eigenvalue weighted by molar-refractivity contribution is 7.18. The van der Waals surface area contributed by atoms with Crippen molar-refractivity contribution in [3.63, 3.8) is 0 Å². The highest BCUT2D eigenvalue weighted by Gasteiger charge is 2.23. The van der Waals surface area contributed by atoms with Crippen molar-refractivity contribution < 1.29 is 9.47 Å². The van der Waals surface area contributed by atoms with E-state index in [2.05, 4.69) is 16.9 Å². The second-order valence-corrected chi connectivity index (χ2v) is 7.07. The zero-order valence-electron chi connectivity index (χ0n) is 13.2. The molecule has 0 fully saturated rings. The Bertz CT molecular complexity index is 842. The molecule has 0 bridgehead atoms. The molecule has 0 aliphatic heterocycles. The van der Waals surface area contributed by atoms with Crippen LogP contribution in [0.5, 0.6) is 17.4 Å². The van der Waals surface area contributed by atoms with Crippen LogP contribution in [0.4, 0.5) is 0 Å². The van der Waals surface area contributed by atoms with Crippen LogP contribution in [0.2, 0.25) is 0 Å². The first kappa shape index (κ1) is 14.5. The molecule has 0 spiro atoms. The van der Waals surface area contributed by atoms with Gasteiger partial charge in [-0.15, -0.1) is 11.3 Å². The van der Waals surface area contributed by atoms with Gasteiger partial charge in [0.25, 0.3) is 0 Å². The third-order valence-corrected chi connectivity index (χ3v) is 5.49. The predicted octanol–water partition coefficient (Wildman–Crippen LogP) is 4.62. The smallest absolute Gasteiger partial charge is 0.231 e. The van der Waals surface area contributed by atoms with Gasteiger partial charge in [0.05, 0.1) is 12.5 Å². The molecule has 1 aliphatic carbocycles. The lowest BCUT2D eigenvalue weighted by Gasteiger charge is -2.18. The summed E-state index contributed by atoms with van der Waals surface area (Å²) in [6, 6.07) is 7.57.